The Kier molecular flexibility index (Phi) is 3.71. The highest BCUT2D eigenvalue weighted by molar-refractivity contribution is 7.13. The van der Waals surface area contributed by atoms with Gasteiger partial charge < -0.3 is 14.8 Å². The molecule has 1 aliphatic heterocycles. The van der Waals surface area contributed by atoms with E-state index in [9.17, 15) is 5.11 Å². The van der Waals surface area contributed by atoms with E-state index in [1.165, 1.54) is 0 Å². The lowest BCUT2D eigenvalue weighted by molar-refractivity contribution is 0.0560. The van der Waals surface area contributed by atoms with Crippen molar-refractivity contribution in [1.82, 2.24) is 24.9 Å². The first-order valence-electron chi connectivity index (χ1n) is 9.37. The van der Waals surface area contributed by atoms with E-state index in [0.717, 1.165) is 44.1 Å². The molecular formula is C22H15N5O2S. The molecule has 7 nitrogen and oxygen atoms in total. The summed E-state index contributed by atoms with van der Waals surface area (Å²) in [7, 11) is 0. The van der Waals surface area contributed by atoms with E-state index in [0.29, 0.717) is 5.75 Å². The summed E-state index contributed by atoms with van der Waals surface area (Å²) in [4.78, 5) is 20.7. The van der Waals surface area contributed by atoms with Crippen molar-refractivity contribution in [2.24, 2.45) is 0 Å². The second-order valence-electron chi connectivity index (χ2n) is 7.10. The number of hydrogen-bond donors (Lipinski definition) is 2. The van der Waals surface area contributed by atoms with Gasteiger partial charge in [0.25, 0.3) is 0 Å². The van der Waals surface area contributed by atoms with Gasteiger partial charge in [-0.2, -0.15) is 0 Å². The zero-order chi connectivity index (χ0) is 20.1. The molecule has 0 bridgehead atoms. The predicted molar refractivity (Wildman–Crippen MR) is 113 cm³/mol. The third-order valence-electron chi connectivity index (χ3n) is 5.34. The number of pyridine rings is 1. The van der Waals surface area contributed by atoms with E-state index in [2.05, 4.69) is 19.9 Å². The zero-order valence-corrected chi connectivity index (χ0v) is 16.4. The van der Waals surface area contributed by atoms with Crippen LogP contribution in [0, 0.1) is 0 Å². The Labute approximate surface area is 175 Å². The fourth-order valence-electron chi connectivity index (χ4n) is 3.81. The molecule has 0 unspecified atom stereocenters. The van der Waals surface area contributed by atoms with E-state index in [1.807, 2.05) is 35.8 Å². The number of aliphatic hydroxyl groups is 1. The fraction of sp³-hybridized carbons (Fsp3) is 0.0909. The first-order chi connectivity index (χ1) is 14.7. The molecule has 6 rings (SSSR count). The van der Waals surface area contributed by atoms with E-state index >= 15 is 0 Å². The number of hydrogen-bond acceptors (Lipinski definition) is 7. The topological polar surface area (TPSA) is 96.8 Å². The second kappa shape index (κ2) is 6.45. The fourth-order valence-corrected chi connectivity index (χ4v) is 4.66. The van der Waals surface area contributed by atoms with Crippen LogP contribution in [0.1, 0.15) is 11.1 Å². The Hall–Kier alpha value is -3.62. The smallest absolute Gasteiger partial charge is 0.156 e. The maximum Gasteiger partial charge on any atom is 0.156 e. The van der Waals surface area contributed by atoms with Gasteiger partial charge in [0, 0.05) is 41.3 Å². The van der Waals surface area contributed by atoms with Gasteiger partial charge in [0.05, 0.1) is 17.5 Å². The second-order valence-corrected chi connectivity index (χ2v) is 7.95. The van der Waals surface area contributed by atoms with Crippen LogP contribution < -0.4 is 4.74 Å². The Morgan fingerprint density at radius 2 is 2.07 bits per heavy atom. The van der Waals surface area contributed by atoms with Gasteiger partial charge in [0.15, 0.2) is 11.2 Å². The van der Waals surface area contributed by atoms with Gasteiger partial charge in [-0.05, 0) is 17.7 Å². The maximum absolute atomic E-state index is 11.4. The number of benzene rings is 1. The molecule has 1 atom stereocenters. The van der Waals surface area contributed by atoms with Crippen molar-refractivity contribution in [3.63, 3.8) is 0 Å². The molecule has 146 valence electrons. The van der Waals surface area contributed by atoms with Gasteiger partial charge in [-0.3, -0.25) is 9.97 Å². The molecule has 2 N–H and O–H groups in total. The minimum atomic E-state index is -1.21. The lowest BCUT2D eigenvalue weighted by atomic mass is 9.87. The largest absolute Gasteiger partial charge is 0.488 e. The molecular weight excluding hydrogens is 398 g/mol. The number of nitrogens with one attached hydrogen (secondary N) is 1. The van der Waals surface area contributed by atoms with Crippen LogP contribution in [-0.2, 0) is 5.60 Å². The average molecular weight is 413 g/mol. The molecule has 0 fully saturated rings. The molecule has 0 amide bonds. The van der Waals surface area contributed by atoms with Crippen LogP contribution in [0.4, 0.5) is 0 Å². The van der Waals surface area contributed by atoms with Crippen molar-refractivity contribution >= 4 is 22.5 Å². The number of aromatic nitrogens is 5. The number of thiazole rings is 1. The molecule has 8 heteroatoms. The lowest BCUT2D eigenvalue weighted by Gasteiger charge is -2.22. The van der Waals surface area contributed by atoms with Gasteiger partial charge in [-0.25, -0.2) is 9.97 Å². The number of aromatic amines is 1. The summed E-state index contributed by atoms with van der Waals surface area (Å²) in [5.41, 5.74) is 4.51. The third kappa shape index (κ3) is 2.54. The molecule has 0 saturated heterocycles. The first kappa shape index (κ1) is 17.3. The van der Waals surface area contributed by atoms with E-state index in [-0.39, 0.29) is 6.61 Å². The van der Waals surface area contributed by atoms with Crippen molar-refractivity contribution in [2.75, 3.05) is 6.61 Å². The Morgan fingerprint density at radius 1 is 1.13 bits per heavy atom. The van der Waals surface area contributed by atoms with Gasteiger partial charge in [0.2, 0.25) is 0 Å². The van der Waals surface area contributed by atoms with Gasteiger partial charge >= 0.3 is 0 Å². The van der Waals surface area contributed by atoms with Crippen LogP contribution in [0.25, 0.3) is 33.0 Å². The van der Waals surface area contributed by atoms with E-state index < -0.39 is 5.60 Å². The summed E-state index contributed by atoms with van der Waals surface area (Å²) >= 11 is 1.55. The van der Waals surface area contributed by atoms with Crippen LogP contribution >= 0.6 is 11.3 Å². The number of ether oxygens (including phenoxy) is 1. The summed E-state index contributed by atoms with van der Waals surface area (Å²) in [6, 6.07) is 9.59. The van der Waals surface area contributed by atoms with E-state index in [4.69, 9.17) is 9.72 Å². The van der Waals surface area contributed by atoms with Crippen LogP contribution in [-0.4, -0.2) is 36.6 Å². The maximum atomic E-state index is 11.4. The number of rotatable bonds is 3. The molecule has 0 spiro atoms. The van der Waals surface area contributed by atoms with E-state index in [1.54, 1.807) is 42.2 Å². The molecule has 0 aliphatic carbocycles. The SMILES string of the molecule is O[C@@]1(c2cccc(-c3csc(-c4c[nH]c5nccnc45)n3)c2)COc2cnccc21. The Morgan fingerprint density at radius 3 is 3.03 bits per heavy atom. The van der Waals surface area contributed by atoms with Gasteiger partial charge in [-0.1, -0.05) is 18.2 Å². The van der Waals surface area contributed by atoms with Crippen LogP contribution in [0.3, 0.4) is 0 Å². The minimum Gasteiger partial charge on any atom is -0.488 e. The van der Waals surface area contributed by atoms with Crippen molar-refractivity contribution in [1.29, 1.82) is 0 Å². The highest BCUT2D eigenvalue weighted by atomic mass is 32.1. The van der Waals surface area contributed by atoms with Gasteiger partial charge in [-0.15, -0.1) is 11.3 Å². The highest BCUT2D eigenvalue weighted by Gasteiger charge is 2.40. The third-order valence-corrected chi connectivity index (χ3v) is 6.22. The molecule has 0 saturated carbocycles. The number of fused-ring (bicyclic) bond motifs is 2. The Bertz CT molecular complexity index is 1400. The lowest BCUT2D eigenvalue weighted by Crippen LogP contribution is -2.28. The summed E-state index contributed by atoms with van der Waals surface area (Å²) in [6.07, 6.45) is 8.52. The first-order valence-corrected chi connectivity index (χ1v) is 10.2. The molecule has 5 aromatic rings. The summed E-state index contributed by atoms with van der Waals surface area (Å²) in [5, 5.41) is 14.2. The van der Waals surface area contributed by atoms with Crippen molar-refractivity contribution in [3.8, 4) is 27.6 Å². The molecule has 30 heavy (non-hydrogen) atoms. The van der Waals surface area contributed by atoms with Gasteiger partial charge in [0.1, 0.15) is 22.9 Å². The van der Waals surface area contributed by atoms with Crippen molar-refractivity contribution < 1.29 is 9.84 Å². The number of nitrogens with zero attached hydrogens (tertiary/aromatic N) is 4. The van der Waals surface area contributed by atoms with Crippen molar-refractivity contribution in [2.45, 2.75) is 5.60 Å². The molecule has 1 aromatic carbocycles. The van der Waals surface area contributed by atoms with Crippen molar-refractivity contribution in [3.05, 3.63) is 77.8 Å². The molecule has 1 aliphatic rings. The highest BCUT2D eigenvalue weighted by Crippen LogP contribution is 2.42. The summed E-state index contributed by atoms with van der Waals surface area (Å²) in [6.45, 7) is 0.161. The molecule has 4 aromatic heterocycles. The number of H-pyrrole nitrogens is 1. The van der Waals surface area contributed by atoms with Crippen LogP contribution in [0.5, 0.6) is 5.75 Å². The Balaban J connectivity index is 1.40. The zero-order valence-electron chi connectivity index (χ0n) is 15.6. The van der Waals surface area contributed by atoms with Crippen LogP contribution in [0.2, 0.25) is 0 Å². The molecule has 5 heterocycles. The summed E-state index contributed by atoms with van der Waals surface area (Å²) < 4.78 is 5.67. The minimum absolute atomic E-state index is 0.161. The standard InChI is InChI=1S/C22H15N5O2S/c28-22(12-29-18-10-23-5-4-16(18)22)14-3-1-2-13(8-14)17-11-30-21(27-17)15-9-26-20-19(15)24-6-7-25-20/h1-11,28H,12H2,(H,25,26)/t22-/m1/s1. The quantitative estimate of drug-likeness (QED) is 0.467. The predicted octanol–water partition coefficient (Wildman–Crippen LogP) is 3.77. The summed E-state index contributed by atoms with van der Waals surface area (Å²) in [5.74, 6) is 0.613. The van der Waals surface area contributed by atoms with Crippen LogP contribution in [0.15, 0.2) is 66.7 Å². The monoisotopic (exact) mass is 413 g/mol. The molecule has 0 radical (unpaired) electrons. The average Bonchev–Trinajstić information content (AvgIpc) is 3.52. The normalized spacial score (nSPS) is 17.8.